The van der Waals surface area contributed by atoms with Gasteiger partial charge in [0.2, 0.25) is 0 Å². The summed E-state index contributed by atoms with van der Waals surface area (Å²) in [6.07, 6.45) is 5.18. The van der Waals surface area contributed by atoms with E-state index in [9.17, 15) is 4.79 Å². The van der Waals surface area contributed by atoms with Gasteiger partial charge in [0.25, 0.3) is 5.91 Å². The van der Waals surface area contributed by atoms with Crippen LogP contribution in [0.4, 0.5) is 0 Å². The van der Waals surface area contributed by atoms with Crippen LogP contribution >= 0.6 is 0 Å². The van der Waals surface area contributed by atoms with Crippen LogP contribution in [0.25, 0.3) is 11.1 Å². The molecule has 3 rings (SSSR count). The number of amides is 1. The van der Waals surface area contributed by atoms with Crippen LogP contribution in [0, 0.1) is 0 Å². The van der Waals surface area contributed by atoms with Crippen LogP contribution in [0.15, 0.2) is 48.8 Å². The maximum atomic E-state index is 12.5. The zero-order valence-electron chi connectivity index (χ0n) is 11.9. The molecule has 1 aromatic carbocycles. The lowest BCUT2D eigenvalue weighted by Crippen LogP contribution is -2.42. The predicted molar refractivity (Wildman–Crippen MR) is 82.8 cm³/mol. The maximum Gasteiger partial charge on any atom is 0.255 e. The van der Waals surface area contributed by atoms with Crippen LogP contribution in [-0.2, 0) is 0 Å². The molecular weight excluding hydrogens is 262 g/mol. The van der Waals surface area contributed by atoms with Gasteiger partial charge in [0.15, 0.2) is 0 Å². The van der Waals surface area contributed by atoms with E-state index < -0.39 is 0 Å². The number of piperidine rings is 1. The summed E-state index contributed by atoms with van der Waals surface area (Å²) in [6.45, 7) is 1.46. The van der Waals surface area contributed by atoms with Gasteiger partial charge in [-0.05, 0) is 24.5 Å². The third kappa shape index (κ3) is 3.11. The Bertz CT molecular complexity index is 619. The van der Waals surface area contributed by atoms with Gasteiger partial charge >= 0.3 is 0 Å². The second kappa shape index (κ2) is 6.06. The number of nitrogens with zero attached hydrogens (tertiary/aromatic N) is 2. The van der Waals surface area contributed by atoms with Crippen LogP contribution in [0.1, 0.15) is 23.2 Å². The van der Waals surface area contributed by atoms with Crippen molar-refractivity contribution >= 4 is 5.91 Å². The lowest BCUT2D eigenvalue weighted by atomic mass is 10.0. The largest absolute Gasteiger partial charge is 0.338 e. The van der Waals surface area contributed by atoms with Gasteiger partial charge in [-0.25, -0.2) is 0 Å². The van der Waals surface area contributed by atoms with Gasteiger partial charge < -0.3 is 10.6 Å². The zero-order chi connectivity index (χ0) is 14.7. The number of rotatable bonds is 2. The standard InChI is InChI=1S/C17H19N3O/c18-16-6-8-20(9-7-16)17(21)15-10-14(11-19-12-15)13-4-2-1-3-5-13/h1-5,10-12,16H,6-9,18H2. The molecule has 0 unspecified atom stereocenters. The van der Waals surface area contributed by atoms with E-state index in [4.69, 9.17) is 5.73 Å². The quantitative estimate of drug-likeness (QED) is 0.919. The summed E-state index contributed by atoms with van der Waals surface area (Å²) in [6, 6.07) is 12.1. The lowest BCUT2D eigenvalue weighted by molar-refractivity contribution is 0.0714. The van der Waals surface area contributed by atoms with E-state index >= 15 is 0 Å². The Hall–Kier alpha value is -2.20. The molecule has 0 radical (unpaired) electrons. The molecule has 0 spiro atoms. The third-order valence-corrected chi connectivity index (χ3v) is 3.92. The van der Waals surface area contributed by atoms with Gasteiger partial charge in [0, 0.05) is 37.1 Å². The van der Waals surface area contributed by atoms with E-state index in [0.717, 1.165) is 37.1 Å². The molecule has 1 amide bonds. The average Bonchev–Trinajstić information content (AvgIpc) is 2.56. The summed E-state index contributed by atoms with van der Waals surface area (Å²) in [5.41, 5.74) is 8.57. The van der Waals surface area contributed by atoms with Crippen molar-refractivity contribution in [3.63, 3.8) is 0 Å². The fraction of sp³-hybridized carbons (Fsp3) is 0.294. The molecule has 1 saturated heterocycles. The van der Waals surface area contributed by atoms with E-state index in [1.807, 2.05) is 41.3 Å². The first-order valence-electron chi connectivity index (χ1n) is 7.29. The van der Waals surface area contributed by atoms with Gasteiger partial charge in [-0.3, -0.25) is 9.78 Å². The number of carbonyl (C=O) groups is 1. The average molecular weight is 281 g/mol. The highest BCUT2D eigenvalue weighted by Crippen LogP contribution is 2.20. The van der Waals surface area contributed by atoms with Gasteiger partial charge in [-0.1, -0.05) is 30.3 Å². The zero-order valence-corrected chi connectivity index (χ0v) is 11.9. The number of carbonyl (C=O) groups excluding carboxylic acids is 1. The molecule has 2 N–H and O–H groups in total. The van der Waals surface area contributed by atoms with E-state index in [1.165, 1.54) is 0 Å². The smallest absolute Gasteiger partial charge is 0.255 e. The van der Waals surface area contributed by atoms with Crippen LogP contribution in [0.2, 0.25) is 0 Å². The van der Waals surface area contributed by atoms with Crippen LogP contribution in [0.5, 0.6) is 0 Å². The predicted octanol–water partition coefficient (Wildman–Crippen LogP) is 2.31. The molecule has 0 saturated carbocycles. The minimum atomic E-state index is 0.0483. The minimum absolute atomic E-state index is 0.0483. The fourth-order valence-electron chi connectivity index (χ4n) is 2.63. The highest BCUT2D eigenvalue weighted by atomic mass is 16.2. The van der Waals surface area contributed by atoms with Crippen molar-refractivity contribution in [3.05, 3.63) is 54.4 Å². The van der Waals surface area contributed by atoms with E-state index in [-0.39, 0.29) is 11.9 Å². The summed E-state index contributed by atoms with van der Waals surface area (Å²) < 4.78 is 0. The highest BCUT2D eigenvalue weighted by Gasteiger charge is 2.22. The summed E-state index contributed by atoms with van der Waals surface area (Å²) >= 11 is 0. The molecule has 1 aromatic heterocycles. The highest BCUT2D eigenvalue weighted by molar-refractivity contribution is 5.95. The Morgan fingerprint density at radius 1 is 1.10 bits per heavy atom. The fourth-order valence-corrected chi connectivity index (χ4v) is 2.63. The summed E-state index contributed by atoms with van der Waals surface area (Å²) in [7, 11) is 0. The SMILES string of the molecule is NC1CCN(C(=O)c2cncc(-c3ccccc3)c2)CC1. The number of hydrogen-bond donors (Lipinski definition) is 1. The Labute approximate surface area is 124 Å². The number of aromatic nitrogens is 1. The van der Waals surface area contributed by atoms with E-state index in [1.54, 1.807) is 12.4 Å². The van der Waals surface area contributed by atoms with E-state index in [0.29, 0.717) is 5.56 Å². The molecule has 4 heteroatoms. The Morgan fingerprint density at radius 2 is 1.81 bits per heavy atom. The van der Waals surface area contributed by atoms with Crippen molar-refractivity contribution in [2.75, 3.05) is 13.1 Å². The molecule has 1 aliphatic heterocycles. The molecule has 108 valence electrons. The van der Waals surface area contributed by atoms with Crippen molar-refractivity contribution in [2.24, 2.45) is 5.73 Å². The first-order chi connectivity index (χ1) is 10.2. The lowest BCUT2D eigenvalue weighted by Gasteiger charge is -2.30. The summed E-state index contributed by atoms with van der Waals surface area (Å²) in [4.78, 5) is 18.6. The second-order valence-electron chi connectivity index (χ2n) is 5.46. The molecule has 1 fully saturated rings. The normalized spacial score (nSPS) is 16.0. The summed E-state index contributed by atoms with van der Waals surface area (Å²) in [5.74, 6) is 0.0483. The second-order valence-corrected chi connectivity index (χ2v) is 5.46. The molecule has 21 heavy (non-hydrogen) atoms. The molecular formula is C17H19N3O. The van der Waals surface area contributed by atoms with Crippen LogP contribution in [-0.4, -0.2) is 34.9 Å². The van der Waals surface area contributed by atoms with Crippen molar-refractivity contribution in [1.29, 1.82) is 0 Å². The topological polar surface area (TPSA) is 59.2 Å². The van der Waals surface area contributed by atoms with Crippen molar-refractivity contribution in [2.45, 2.75) is 18.9 Å². The van der Waals surface area contributed by atoms with Gasteiger partial charge in [0.05, 0.1) is 5.56 Å². The maximum absolute atomic E-state index is 12.5. The third-order valence-electron chi connectivity index (χ3n) is 3.92. The minimum Gasteiger partial charge on any atom is -0.338 e. The van der Waals surface area contributed by atoms with Gasteiger partial charge in [-0.2, -0.15) is 0 Å². The molecule has 0 aliphatic carbocycles. The van der Waals surface area contributed by atoms with Crippen LogP contribution in [0.3, 0.4) is 0 Å². The molecule has 0 atom stereocenters. The first kappa shape index (κ1) is 13.8. The number of benzene rings is 1. The Morgan fingerprint density at radius 3 is 2.52 bits per heavy atom. The van der Waals surface area contributed by atoms with Crippen molar-refractivity contribution in [1.82, 2.24) is 9.88 Å². The number of pyridine rings is 1. The molecule has 2 heterocycles. The number of nitrogens with two attached hydrogens (primary N) is 1. The van der Waals surface area contributed by atoms with Gasteiger partial charge in [0.1, 0.15) is 0 Å². The summed E-state index contributed by atoms with van der Waals surface area (Å²) in [5, 5.41) is 0. The first-order valence-corrected chi connectivity index (χ1v) is 7.29. The van der Waals surface area contributed by atoms with Crippen molar-refractivity contribution in [3.8, 4) is 11.1 Å². The molecule has 1 aliphatic rings. The number of likely N-dealkylation sites (tertiary alicyclic amines) is 1. The molecule has 4 nitrogen and oxygen atoms in total. The Kier molecular flexibility index (Phi) is 3.97. The Balaban J connectivity index is 1.81. The monoisotopic (exact) mass is 281 g/mol. The molecule has 0 bridgehead atoms. The number of hydrogen-bond acceptors (Lipinski definition) is 3. The van der Waals surface area contributed by atoms with Crippen molar-refractivity contribution < 1.29 is 4.79 Å². The van der Waals surface area contributed by atoms with E-state index in [2.05, 4.69) is 4.98 Å². The molecule has 2 aromatic rings. The van der Waals surface area contributed by atoms with Crippen LogP contribution < -0.4 is 5.73 Å². The van der Waals surface area contributed by atoms with Gasteiger partial charge in [-0.15, -0.1) is 0 Å².